The molecular formula is C17H28N6O6S3. The van der Waals surface area contributed by atoms with Gasteiger partial charge in [-0.3, -0.25) is 18.5 Å². The molecule has 0 bridgehead atoms. The van der Waals surface area contributed by atoms with Crippen molar-refractivity contribution in [3.8, 4) is 5.88 Å². The maximum atomic E-state index is 12.2. The number of aliphatic carboxylic acids is 1. The first-order valence-corrected chi connectivity index (χ1v) is 12.6. The van der Waals surface area contributed by atoms with Gasteiger partial charge in [0.1, 0.15) is 17.7 Å². The normalized spacial score (nSPS) is 11.5. The molecule has 0 fully saturated rings. The molecule has 0 aliphatic rings. The minimum absolute atomic E-state index is 0.0990. The van der Waals surface area contributed by atoms with Crippen LogP contribution in [-0.4, -0.2) is 58.8 Å². The van der Waals surface area contributed by atoms with E-state index in [4.69, 9.17) is 30.3 Å². The van der Waals surface area contributed by atoms with Gasteiger partial charge in [0.05, 0.1) is 12.0 Å². The number of methoxy groups -OCH3 is 1. The summed E-state index contributed by atoms with van der Waals surface area (Å²) in [6.07, 6.45) is 2.48. The molecule has 180 valence electrons. The summed E-state index contributed by atoms with van der Waals surface area (Å²) in [4.78, 5) is 18.2. The molecule has 0 radical (unpaired) electrons. The van der Waals surface area contributed by atoms with Crippen LogP contribution in [0.3, 0.4) is 0 Å². The van der Waals surface area contributed by atoms with Crippen molar-refractivity contribution in [2.45, 2.75) is 24.3 Å². The second kappa shape index (κ2) is 15.2. The summed E-state index contributed by atoms with van der Waals surface area (Å²) < 4.78 is 46.0. The van der Waals surface area contributed by atoms with Crippen molar-refractivity contribution in [3.63, 3.8) is 0 Å². The molecule has 1 atom stereocenters. The number of ether oxygens (including phenoxy) is 1. The van der Waals surface area contributed by atoms with Crippen molar-refractivity contribution in [1.82, 2.24) is 9.97 Å². The van der Waals surface area contributed by atoms with Crippen molar-refractivity contribution in [1.29, 1.82) is 4.78 Å². The van der Waals surface area contributed by atoms with Gasteiger partial charge in [-0.15, -0.1) is 0 Å². The van der Waals surface area contributed by atoms with Gasteiger partial charge in [-0.1, -0.05) is 0 Å². The lowest BCUT2D eigenvalue weighted by atomic mass is 10.2. The van der Waals surface area contributed by atoms with E-state index in [9.17, 15) is 13.2 Å². The van der Waals surface area contributed by atoms with Crippen molar-refractivity contribution in [3.05, 3.63) is 36.2 Å². The Morgan fingerprint density at radius 1 is 1.34 bits per heavy atom. The Morgan fingerprint density at radius 3 is 2.38 bits per heavy atom. The van der Waals surface area contributed by atoms with Gasteiger partial charge in [0.25, 0.3) is 10.0 Å². The maximum absolute atomic E-state index is 12.2. The zero-order chi connectivity index (χ0) is 24.7. The monoisotopic (exact) mass is 508 g/mol. The van der Waals surface area contributed by atoms with E-state index in [1.807, 2.05) is 6.26 Å². The summed E-state index contributed by atoms with van der Waals surface area (Å²) in [5.41, 5.74) is 11.2. The number of rotatable bonds is 8. The van der Waals surface area contributed by atoms with Gasteiger partial charge >= 0.3 is 5.97 Å². The number of carboxylic acids is 1. The standard InChI is InChI=1S/C12H14N4O3S.C5H11NO2S.H3NOS/c1-8-14-11(7-12(15-8)19-2)16-20(17,18)10-5-3-9(13)4-6-10;1-9-3-2-4(6)5(7)8;1-3-2/h3-7H,13H2,1-2H3,(H,14,15,16);4H,2-3,6H2,1H3,(H,7,8);1H,3H2/t;4-;/m.0./s1. The molecule has 1 aromatic heterocycles. The smallest absolute Gasteiger partial charge is 0.320 e. The number of hydrogen-bond donors (Lipinski definition) is 5. The number of benzene rings is 1. The van der Waals surface area contributed by atoms with E-state index in [1.165, 1.54) is 37.4 Å². The molecule has 0 unspecified atom stereocenters. The van der Waals surface area contributed by atoms with E-state index in [-0.39, 0.29) is 16.6 Å². The quantitative estimate of drug-likeness (QED) is 0.314. The number of hydrogen-bond acceptors (Lipinski definition) is 11. The summed E-state index contributed by atoms with van der Waals surface area (Å²) >= 11 is 0.687. The number of nitrogens with two attached hydrogens (primary N) is 2. The van der Waals surface area contributed by atoms with E-state index < -0.39 is 33.5 Å². The number of sulfonamides is 1. The number of nitrogen functional groups attached to an aromatic ring is 1. The van der Waals surface area contributed by atoms with Crippen LogP contribution >= 0.6 is 11.8 Å². The van der Waals surface area contributed by atoms with E-state index in [2.05, 4.69) is 14.7 Å². The lowest BCUT2D eigenvalue weighted by Gasteiger charge is -2.09. The third kappa shape index (κ3) is 11.7. The van der Waals surface area contributed by atoms with E-state index in [0.717, 1.165) is 5.75 Å². The zero-order valence-corrected chi connectivity index (χ0v) is 20.4. The minimum atomic E-state index is -3.72. The molecule has 15 heteroatoms. The first-order valence-electron chi connectivity index (χ1n) is 8.79. The predicted octanol–water partition coefficient (Wildman–Crippen LogP) is 0.754. The molecule has 2 aromatic rings. The van der Waals surface area contributed by atoms with Gasteiger partial charge in [0.15, 0.2) is 0 Å². The molecule has 0 aliphatic carbocycles. The molecule has 0 aliphatic heterocycles. The molecule has 1 heterocycles. The van der Waals surface area contributed by atoms with E-state index >= 15 is 0 Å². The lowest BCUT2D eigenvalue weighted by molar-refractivity contribution is -0.138. The maximum Gasteiger partial charge on any atom is 0.320 e. The summed E-state index contributed by atoms with van der Waals surface area (Å²) in [6, 6.07) is 6.59. The summed E-state index contributed by atoms with van der Waals surface area (Å²) in [6.45, 7) is 1.64. The molecule has 0 saturated heterocycles. The third-order valence-electron chi connectivity index (χ3n) is 3.40. The Labute approximate surface area is 194 Å². The highest BCUT2D eigenvalue weighted by Gasteiger charge is 2.15. The number of anilines is 2. The highest BCUT2D eigenvalue weighted by atomic mass is 32.2. The Bertz CT molecular complexity index is 998. The topological polar surface area (TPSA) is 211 Å². The number of nitrogens with zero attached hydrogens (tertiary/aromatic N) is 2. The van der Waals surface area contributed by atoms with Crippen LogP contribution in [0, 0.1) is 11.7 Å². The molecule has 2 rings (SSSR count). The van der Waals surface area contributed by atoms with Gasteiger partial charge in [-0.2, -0.15) is 16.7 Å². The van der Waals surface area contributed by atoms with Gasteiger partial charge in [-0.25, -0.2) is 13.4 Å². The van der Waals surface area contributed by atoms with Crippen LogP contribution in [0.15, 0.2) is 35.2 Å². The third-order valence-corrected chi connectivity index (χ3v) is 5.42. The van der Waals surface area contributed by atoms with Crippen molar-refractivity contribution < 1.29 is 27.3 Å². The predicted molar refractivity (Wildman–Crippen MR) is 127 cm³/mol. The highest BCUT2D eigenvalue weighted by molar-refractivity contribution is 7.98. The fraction of sp³-hybridized carbons (Fsp3) is 0.353. The van der Waals surface area contributed by atoms with Gasteiger partial charge in [0, 0.05) is 23.2 Å². The van der Waals surface area contributed by atoms with Gasteiger partial charge < -0.3 is 21.3 Å². The Kier molecular flexibility index (Phi) is 14.0. The van der Waals surface area contributed by atoms with Crippen LogP contribution in [0.25, 0.3) is 0 Å². The molecule has 12 nitrogen and oxygen atoms in total. The number of aryl methyl sites for hydroxylation is 1. The van der Waals surface area contributed by atoms with E-state index in [1.54, 1.807) is 18.7 Å². The Hall–Kier alpha value is -2.62. The average molecular weight is 509 g/mol. The number of carboxylic acid groups (broad SMARTS) is 1. The molecule has 0 amide bonds. The first-order chi connectivity index (χ1) is 15.0. The number of aromatic nitrogens is 2. The first kappa shape index (κ1) is 29.4. The number of thioether (sulfide) groups is 1. The fourth-order valence-electron chi connectivity index (χ4n) is 1.91. The van der Waals surface area contributed by atoms with Crippen LogP contribution in [0.4, 0.5) is 11.5 Å². The average Bonchev–Trinajstić information content (AvgIpc) is 2.72. The summed E-state index contributed by atoms with van der Waals surface area (Å²) in [5.74, 6) is 0.732. The van der Waals surface area contributed by atoms with Gasteiger partial charge in [0.2, 0.25) is 5.88 Å². The molecule has 7 N–H and O–H groups in total. The van der Waals surface area contributed by atoms with Crippen LogP contribution in [-0.2, 0) is 26.3 Å². The van der Waals surface area contributed by atoms with Crippen LogP contribution in [0.2, 0.25) is 0 Å². The minimum Gasteiger partial charge on any atom is -0.481 e. The zero-order valence-electron chi connectivity index (χ0n) is 17.7. The number of nitrogens with one attached hydrogen (secondary N) is 2. The van der Waals surface area contributed by atoms with Crippen molar-refractivity contribution in [2.24, 2.45) is 5.73 Å². The molecule has 0 spiro atoms. The largest absolute Gasteiger partial charge is 0.481 e. The van der Waals surface area contributed by atoms with E-state index in [0.29, 0.717) is 17.9 Å². The van der Waals surface area contributed by atoms with Gasteiger partial charge in [-0.05, 0) is 49.6 Å². The number of carbonyl (C=O) groups is 1. The van der Waals surface area contributed by atoms with Crippen LogP contribution in [0.1, 0.15) is 12.2 Å². The summed E-state index contributed by atoms with van der Waals surface area (Å²) in [7, 11) is -2.28. The second-order valence-electron chi connectivity index (χ2n) is 5.85. The molecule has 1 aromatic carbocycles. The van der Waals surface area contributed by atoms with Crippen LogP contribution < -0.4 is 20.9 Å². The molecule has 32 heavy (non-hydrogen) atoms. The Morgan fingerprint density at radius 2 is 1.91 bits per heavy atom. The SMILES string of the molecule is COc1cc(NS(=O)(=O)c2ccc(N)cc2)nc(C)n1.CSCC[C@H](N)C(=O)O.N=[SH2]=O. The Balaban J connectivity index is 0.000000672. The summed E-state index contributed by atoms with van der Waals surface area (Å²) in [5, 5.41) is 8.27. The van der Waals surface area contributed by atoms with Crippen LogP contribution in [0.5, 0.6) is 5.88 Å². The molecule has 0 saturated carbocycles. The van der Waals surface area contributed by atoms with Crippen molar-refractivity contribution >= 4 is 50.7 Å². The molecular weight excluding hydrogens is 480 g/mol. The highest BCUT2D eigenvalue weighted by Crippen LogP contribution is 2.18. The lowest BCUT2D eigenvalue weighted by Crippen LogP contribution is -2.30. The van der Waals surface area contributed by atoms with Crippen molar-refractivity contribution in [2.75, 3.05) is 29.6 Å². The fourth-order valence-corrected chi connectivity index (χ4v) is 3.39. The second-order valence-corrected chi connectivity index (χ2v) is 8.72.